The summed E-state index contributed by atoms with van der Waals surface area (Å²) in [5, 5.41) is 31.8. The van der Waals surface area contributed by atoms with Crippen LogP contribution in [-0.4, -0.2) is 39.2 Å². The molecule has 1 aromatic carbocycles. The smallest absolute Gasteiger partial charge is 0.326 e. The maximum Gasteiger partial charge on any atom is 0.326 e. The molecule has 0 spiro atoms. The summed E-state index contributed by atoms with van der Waals surface area (Å²) in [7, 11) is 0. The number of hydrogen-bond acceptors (Lipinski definition) is 5. The van der Waals surface area contributed by atoms with E-state index < -0.39 is 40.5 Å². The highest BCUT2D eigenvalue weighted by Crippen LogP contribution is 2.19. The van der Waals surface area contributed by atoms with Gasteiger partial charge in [0.1, 0.15) is 12.1 Å². The lowest BCUT2D eigenvalue weighted by Gasteiger charge is -2.18. The van der Waals surface area contributed by atoms with E-state index in [0.29, 0.717) is 0 Å². The van der Waals surface area contributed by atoms with Crippen LogP contribution in [-0.2, 0) is 16.0 Å². The second-order valence-corrected chi connectivity index (χ2v) is 5.79. The third-order valence-electron chi connectivity index (χ3n) is 3.26. The molecular formula is C15H19FN2O6. The highest BCUT2D eigenvalue weighted by atomic mass is 19.1. The molecule has 1 amide bonds. The van der Waals surface area contributed by atoms with Crippen molar-refractivity contribution in [3.05, 3.63) is 39.7 Å². The van der Waals surface area contributed by atoms with Gasteiger partial charge in [-0.2, -0.15) is 4.39 Å². The Hall–Kier alpha value is -2.55. The molecule has 0 bridgehead atoms. The van der Waals surface area contributed by atoms with E-state index in [-0.39, 0.29) is 24.3 Å². The molecular weight excluding hydrogens is 323 g/mol. The molecule has 3 N–H and O–H groups in total. The van der Waals surface area contributed by atoms with E-state index in [4.69, 9.17) is 0 Å². The highest BCUT2D eigenvalue weighted by Gasteiger charge is 2.25. The summed E-state index contributed by atoms with van der Waals surface area (Å²) < 4.78 is 13.3. The predicted molar refractivity (Wildman–Crippen MR) is 81.8 cm³/mol. The Labute approximate surface area is 137 Å². The Bertz CT molecular complexity index is 634. The van der Waals surface area contributed by atoms with E-state index >= 15 is 0 Å². The van der Waals surface area contributed by atoms with E-state index in [1.165, 1.54) is 6.07 Å². The molecule has 9 heteroatoms. The van der Waals surface area contributed by atoms with Gasteiger partial charge in [-0.15, -0.1) is 0 Å². The molecule has 2 atom stereocenters. The van der Waals surface area contributed by atoms with Gasteiger partial charge in [-0.1, -0.05) is 19.9 Å². The van der Waals surface area contributed by atoms with Crippen molar-refractivity contribution in [3.63, 3.8) is 0 Å². The lowest BCUT2D eigenvalue weighted by Crippen LogP contribution is -2.46. The molecule has 132 valence electrons. The Morgan fingerprint density at radius 3 is 2.50 bits per heavy atom. The first-order chi connectivity index (χ1) is 11.1. The molecule has 24 heavy (non-hydrogen) atoms. The van der Waals surface area contributed by atoms with Gasteiger partial charge in [-0.05, 0) is 24.0 Å². The molecule has 0 unspecified atom stereocenters. The number of aliphatic carboxylic acids is 1. The second-order valence-electron chi connectivity index (χ2n) is 5.79. The zero-order valence-corrected chi connectivity index (χ0v) is 13.2. The summed E-state index contributed by atoms with van der Waals surface area (Å²) in [6.07, 6.45) is -1.47. The first-order valence-corrected chi connectivity index (χ1v) is 7.25. The number of carboxylic acid groups (broad SMARTS) is 1. The molecule has 0 aliphatic rings. The van der Waals surface area contributed by atoms with Gasteiger partial charge in [0.25, 0.3) is 0 Å². The second kappa shape index (κ2) is 8.34. The third kappa shape index (κ3) is 5.58. The average Bonchev–Trinajstić information content (AvgIpc) is 2.47. The number of halogens is 1. The number of nitro groups is 1. The summed E-state index contributed by atoms with van der Waals surface area (Å²) in [6, 6.07) is 1.59. The maximum atomic E-state index is 13.3. The lowest BCUT2D eigenvalue weighted by atomic mass is 10.0. The summed E-state index contributed by atoms with van der Waals surface area (Å²) >= 11 is 0. The van der Waals surface area contributed by atoms with Crippen molar-refractivity contribution in [2.24, 2.45) is 5.92 Å². The number of nitrogens with zero attached hydrogens (tertiary/aromatic N) is 1. The van der Waals surface area contributed by atoms with Crippen molar-refractivity contribution in [1.29, 1.82) is 0 Å². The molecule has 0 fully saturated rings. The van der Waals surface area contributed by atoms with Gasteiger partial charge in [0, 0.05) is 12.5 Å². The normalized spacial score (nSPS) is 13.4. The van der Waals surface area contributed by atoms with Gasteiger partial charge in [0.15, 0.2) is 0 Å². The number of hydrogen-bond donors (Lipinski definition) is 3. The van der Waals surface area contributed by atoms with Crippen LogP contribution in [0, 0.1) is 21.8 Å². The summed E-state index contributed by atoms with van der Waals surface area (Å²) in [5.41, 5.74) is -0.600. The number of aliphatic hydroxyl groups is 1. The monoisotopic (exact) mass is 342 g/mol. The van der Waals surface area contributed by atoms with Gasteiger partial charge in [-0.25, -0.2) is 4.79 Å². The van der Waals surface area contributed by atoms with Crippen molar-refractivity contribution >= 4 is 17.6 Å². The van der Waals surface area contributed by atoms with Gasteiger partial charge in [-0.3, -0.25) is 14.9 Å². The zero-order chi connectivity index (χ0) is 18.4. The maximum absolute atomic E-state index is 13.3. The fourth-order valence-corrected chi connectivity index (χ4v) is 2.08. The van der Waals surface area contributed by atoms with Crippen molar-refractivity contribution in [3.8, 4) is 0 Å². The molecule has 0 radical (unpaired) electrons. The van der Waals surface area contributed by atoms with Crippen LogP contribution in [0.3, 0.4) is 0 Å². The minimum absolute atomic E-state index is 0.0359. The van der Waals surface area contributed by atoms with Crippen LogP contribution in [0.4, 0.5) is 10.1 Å². The molecule has 1 aromatic rings. The first kappa shape index (κ1) is 19.5. The number of benzene rings is 1. The Kier molecular flexibility index (Phi) is 6.78. The number of carboxylic acids is 1. The first-order valence-electron chi connectivity index (χ1n) is 7.25. The summed E-state index contributed by atoms with van der Waals surface area (Å²) in [5.74, 6) is -3.21. The Balaban J connectivity index is 2.87. The molecule has 0 heterocycles. The number of amides is 1. The fraction of sp³-hybridized carbons (Fsp3) is 0.467. The quantitative estimate of drug-likeness (QED) is 0.481. The number of carbonyl (C=O) groups excluding carboxylic acids is 1. The molecule has 1 rings (SSSR count). The van der Waals surface area contributed by atoms with E-state index in [2.05, 4.69) is 5.32 Å². The SMILES string of the molecule is CC(C)C[C@@H](O)C(=O)N[C@H](Cc1ccc(F)c([N+](=O)[O-])c1)C(=O)O. The van der Waals surface area contributed by atoms with Gasteiger partial charge in [0.05, 0.1) is 4.92 Å². The number of nitro benzene ring substituents is 1. The fourth-order valence-electron chi connectivity index (χ4n) is 2.08. The number of aliphatic hydroxyl groups excluding tert-OH is 1. The van der Waals surface area contributed by atoms with Crippen LogP contribution in [0.25, 0.3) is 0 Å². The summed E-state index contributed by atoms with van der Waals surface area (Å²) in [6.45, 7) is 3.59. The van der Waals surface area contributed by atoms with Crippen molar-refractivity contribution in [2.75, 3.05) is 0 Å². The molecule has 0 aromatic heterocycles. The van der Waals surface area contributed by atoms with Crippen LogP contribution >= 0.6 is 0 Å². The van der Waals surface area contributed by atoms with Gasteiger partial charge in [0.2, 0.25) is 11.7 Å². The number of rotatable bonds is 8. The Morgan fingerprint density at radius 1 is 1.38 bits per heavy atom. The minimum Gasteiger partial charge on any atom is -0.480 e. The average molecular weight is 342 g/mol. The van der Waals surface area contributed by atoms with Crippen LogP contribution in [0.1, 0.15) is 25.8 Å². The van der Waals surface area contributed by atoms with Crippen molar-refractivity contribution < 1.29 is 29.1 Å². The van der Waals surface area contributed by atoms with Crippen LogP contribution in [0.15, 0.2) is 18.2 Å². The van der Waals surface area contributed by atoms with Crippen LogP contribution in [0.5, 0.6) is 0 Å². The Morgan fingerprint density at radius 2 is 2.00 bits per heavy atom. The third-order valence-corrected chi connectivity index (χ3v) is 3.26. The lowest BCUT2D eigenvalue weighted by molar-refractivity contribution is -0.387. The van der Waals surface area contributed by atoms with Gasteiger partial charge < -0.3 is 15.5 Å². The molecule has 0 aliphatic carbocycles. The minimum atomic E-state index is -1.40. The number of nitrogens with one attached hydrogen (secondary N) is 1. The van der Waals surface area contributed by atoms with Crippen LogP contribution in [0.2, 0.25) is 0 Å². The van der Waals surface area contributed by atoms with Crippen molar-refractivity contribution in [1.82, 2.24) is 5.32 Å². The molecule has 0 aliphatic heterocycles. The predicted octanol–water partition coefficient (Wildman–Crippen LogP) is 1.25. The molecule has 0 saturated heterocycles. The highest BCUT2D eigenvalue weighted by molar-refractivity contribution is 5.86. The van der Waals surface area contributed by atoms with Crippen molar-refractivity contribution in [2.45, 2.75) is 38.8 Å². The summed E-state index contributed by atoms with van der Waals surface area (Å²) in [4.78, 5) is 32.9. The number of carbonyl (C=O) groups is 2. The largest absolute Gasteiger partial charge is 0.480 e. The van der Waals surface area contributed by atoms with Gasteiger partial charge >= 0.3 is 11.7 Å². The zero-order valence-electron chi connectivity index (χ0n) is 13.2. The van der Waals surface area contributed by atoms with Crippen LogP contribution < -0.4 is 5.32 Å². The topological polar surface area (TPSA) is 130 Å². The van der Waals surface area contributed by atoms with E-state index in [1.54, 1.807) is 13.8 Å². The van der Waals surface area contributed by atoms with E-state index in [1.807, 2.05) is 0 Å². The molecule has 8 nitrogen and oxygen atoms in total. The van der Waals surface area contributed by atoms with E-state index in [9.17, 15) is 34.3 Å². The van der Waals surface area contributed by atoms with E-state index in [0.717, 1.165) is 12.1 Å². The standard InChI is InChI=1S/C15H19FN2O6/c1-8(2)5-13(19)14(20)17-11(15(21)22)6-9-3-4-10(16)12(7-9)18(23)24/h3-4,7-8,11,13,19H,5-6H2,1-2H3,(H,17,20)(H,21,22)/t11-,13-/m1/s1. The molecule has 0 saturated carbocycles.